The molecule has 0 aliphatic carbocycles. The van der Waals surface area contributed by atoms with E-state index in [1.165, 1.54) is 17.9 Å². The number of hydrogen-bond acceptors (Lipinski definition) is 3. The van der Waals surface area contributed by atoms with Crippen LogP contribution in [-0.4, -0.2) is 32.6 Å². The summed E-state index contributed by atoms with van der Waals surface area (Å²) in [4.78, 5) is 2.33. The molecule has 12 heavy (non-hydrogen) atoms. The average Bonchev–Trinajstić information content (AvgIpc) is 2.47. The number of nitrogens with zero attached hydrogens (tertiary/aromatic N) is 1. The zero-order valence-electron chi connectivity index (χ0n) is 7.58. The molecule has 0 radical (unpaired) electrons. The van der Waals surface area contributed by atoms with Crippen molar-refractivity contribution in [2.24, 2.45) is 0 Å². The van der Waals surface area contributed by atoms with Crippen LogP contribution in [0.25, 0.3) is 0 Å². The first-order chi connectivity index (χ1) is 5.75. The minimum absolute atomic E-state index is 0.576. The molecule has 0 spiro atoms. The van der Waals surface area contributed by atoms with Gasteiger partial charge in [-0.2, -0.15) is 0 Å². The molecule has 1 unspecified atom stereocenters. The maximum absolute atomic E-state index is 5.24. The highest BCUT2D eigenvalue weighted by Crippen LogP contribution is 2.25. The minimum Gasteiger partial charge on any atom is -0.345 e. The van der Waals surface area contributed by atoms with Gasteiger partial charge in [0, 0.05) is 12.3 Å². The fourth-order valence-electron chi connectivity index (χ4n) is 1.11. The maximum atomic E-state index is 5.24. The van der Waals surface area contributed by atoms with E-state index < -0.39 is 0 Å². The molecular formula is C8H15NS3. The Morgan fingerprint density at radius 1 is 1.75 bits per heavy atom. The Kier molecular flexibility index (Phi) is 4.75. The second-order valence-electron chi connectivity index (χ2n) is 2.78. The lowest BCUT2D eigenvalue weighted by Crippen LogP contribution is -2.30. The number of thiocarbonyl (C=S) groups is 1. The second kappa shape index (κ2) is 5.35. The van der Waals surface area contributed by atoms with E-state index in [9.17, 15) is 0 Å². The molecule has 0 bridgehead atoms. The van der Waals surface area contributed by atoms with Crippen molar-refractivity contribution in [3.63, 3.8) is 0 Å². The van der Waals surface area contributed by atoms with Gasteiger partial charge in [-0.3, -0.25) is 0 Å². The first-order valence-corrected chi connectivity index (χ1v) is 6.75. The average molecular weight is 221 g/mol. The topological polar surface area (TPSA) is 3.24 Å². The highest BCUT2D eigenvalue weighted by molar-refractivity contribution is 8.23. The minimum atomic E-state index is 0.576. The largest absolute Gasteiger partial charge is 0.345 e. The first-order valence-electron chi connectivity index (χ1n) is 4.30. The zero-order valence-corrected chi connectivity index (χ0v) is 10.0. The van der Waals surface area contributed by atoms with E-state index in [4.69, 9.17) is 12.2 Å². The molecule has 4 heteroatoms. The fourth-order valence-corrected chi connectivity index (χ4v) is 3.59. The third kappa shape index (κ3) is 2.82. The van der Waals surface area contributed by atoms with Crippen LogP contribution in [0.15, 0.2) is 0 Å². The highest BCUT2D eigenvalue weighted by atomic mass is 32.2. The van der Waals surface area contributed by atoms with Crippen LogP contribution in [0.3, 0.4) is 0 Å². The molecule has 1 nitrogen and oxygen atoms in total. The van der Waals surface area contributed by atoms with E-state index in [2.05, 4.69) is 18.7 Å². The van der Waals surface area contributed by atoms with Gasteiger partial charge in [0.05, 0.1) is 5.37 Å². The molecule has 70 valence electrons. The molecule has 0 aromatic heterocycles. The zero-order chi connectivity index (χ0) is 8.97. The van der Waals surface area contributed by atoms with Crippen molar-refractivity contribution < 1.29 is 0 Å². The lowest BCUT2D eigenvalue weighted by atomic mass is 10.6. The van der Waals surface area contributed by atoms with Gasteiger partial charge in [-0.15, -0.1) is 11.8 Å². The van der Waals surface area contributed by atoms with Crippen molar-refractivity contribution in [2.45, 2.75) is 25.6 Å². The highest BCUT2D eigenvalue weighted by Gasteiger charge is 2.22. The van der Waals surface area contributed by atoms with E-state index in [-0.39, 0.29) is 0 Å². The summed E-state index contributed by atoms with van der Waals surface area (Å²) in [5, 5.41) is 0.576. The fraction of sp³-hybridized carbons (Fsp3) is 0.875. The van der Waals surface area contributed by atoms with Gasteiger partial charge in [0.25, 0.3) is 0 Å². The quantitative estimate of drug-likeness (QED) is 0.671. The lowest BCUT2D eigenvalue weighted by Gasteiger charge is -2.24. The van der Waals surface area contributed by atoms with Gasteiger partial charge in [-0.25, -0.2) is 0 Å². The molecule has 0 N–H and O–H groups in total. The lowest BCUT2D eigenvalue weighted by molar-refractivity contribution is 0.462. The van der Waals surface area contributed by atoms with Crippen molar-refractivity contribution in [2.75, 3.05) is 18.1 Å². The third-order valence-corrected chi connectivity index (χ3v) is 4.63. The Balaban J connectivity index is 2.30. The number of thioether (sulfide) groups is 2. The van der Waals surface area contributed by atoms with Crippen LogP contribution in [0.2, 0.25) is 0 Å². The Morgan fingerprint density at radius 3 is 3.00 bits per heavy atom. The van der Waals surface area contributed by atoms with Gasteiger partial charge in [0.15, 0.2) is 0 Å². The molecule has 1 fully saturated rings. The summed E-state index contributed by atoms with van der Waals surface area (Å²) >= 11 is 9.06. The molecule has 1 atom stereocenters. The second-order valence-corrected chi connectivity index (χ2v) is 5.93. The van der Waals surface area contributed by atoms with Crippen molar-refractivity contribution in [1.82, 2.24) is 4.90 Å². The van der Waals surface area contributed by atoms with E-state index >= 15 is 0 Å². The molecule has 0 saturated carbocycles. The van der Waals surface area contributed by atoms with Gasteiger partial charge in [0.2, 0.25) is 0 Å². The van der Waals surface area contributed by atoms with Crippen molar-refractivity contribution in [1.29, 1.82) is 0 Å². The molecule has 0 aromatic rings. The maximum Gasteiger partial charge on any atom is 0.137 e. The molecule has 1 aliphatic rings. The SMILES string of the molecule is CCCSC(C)N1CCSC1=S. The van der Waals surface area contributed by atoms with Gasteiger partial charge >= 0.3 is 0 Å². The Hall–Kier alpha value is 0.590. The summed E-state index contributed by atoms with van der Waals surface area (Å²) in [5.41, 5.74) is 0. The van der Waals surface area contributed by atoms with Crippen LogP contribution in [-0.2, 0) is 0 Å². The van der Waals surface area contributed by atoms with E-state index in [1.807, 2.05) is 23.5 Å². The molecular weight excluding hydrogens is 206 g/mol. The van der Waals surface area contributed by atoms with Crippen LogP contribution in [0.5, 0.6) is 0 Å². The number of rotatable bonds is 4. The smallest absolute Gasteiger partial charge is 0.137 e. The van der Waals surface area contributed by atoms with Crippen molar-refractivity contribution >= 4 is 40.1 Å². The monoisotopic (exact) mass is 221 g/mol. The van der Waals surface area contributed by atoms with Crippen LogP contribution in [0.1, 0.15) is 20.3 Å². The molecule has 1 saturated heterocycles. The Morgan fingerprint density at radius 2 is 2.50 bits per heavy atom. The van der Waals surface area contributed by atoms with Crippen LogP contribution >= 0.6 is 35.7 Å². The van der Waals surface area contributed by atoms with Crippen LogP contribution < -0.4 is 0 Å². The van der Waals surface area contributed by atoms with Gasteiger partial charge in [-0.05, 0) is 19.1 Å². The summed E-state index contributed by atoms with van der Waals surface area (Å²) < 4.78 is 1.09. The van der Waals surface area contributed by atoms with Crippen molar-refractivity contribution in [3.8, 4) is 0 Å². The molecule has 1 rings (SSSR count). The number of hydrogen-bond donors (Lipinski definition) is 0. The third-order valence-electron chi connectivity index (χ3n) is 1.79. The molecule has 1 heterocycles. The summed E-state index contributed by atoms with van der Waals surface area (Å²) in [5.74, 6) is 2.42. The van der Waals surface area contributed by atoms with Gasteiger partial charge in [-0.1, -0.05) is 30.9 Å². The molecule has 0 amide bonds. The Labute approximate surface area is 88.7 Å². The normalized spacial score (nSPS) is 20.2. The standard InChI is InChI=1S/C8H15NS3/c1-3-5-11-7(2)9-4-6-12-8(9)10/h7H,3-6H2,1-2H3. The summed E-state index contributed by atoms with van der Waals surface area (Å²) in [6.45, 7) is 5.61. The van der Waals surface area contributed by atoms with Gasteiger partial charge in [0.1, 0.15) is 4.32 Å². The predicted octanol–water partition coefficient (Wildman–Crippen LogP) is 2.81. The van der Waals surface area contributed by atoms with Crippen LogP contribution in [0.4, 0.5) is 0 Å². The summed E-state index contributed by atoms with van der Waals surface area (Å²) in [6.07, 6.45) is 1.25. The van der Waals surface area contributed by atoms with Crippen molar-refractivity contribution in [3.05, 3.63) is 0 Å². The predicted molar refractivity (Wildman–Crippen MR) is 64.0 cm³/mol. The van der Waals surface area contributed by atoms with E-state index in [0.29, 0.717) is 5.37 Å². The van der Waals surface area contributed by atoms with E-state index in [0.717, 1.165) is 10.9 Å². The van der Waals surface area contributed by atoms with Gasteiger partial charge < -0.3 is 4.90 Å². The summed E-state index contributed by atoms with van der Waals surface area (Å²) in [7, 11) is 0. The van der Waals surface area contributed by atoms with E-state index in [1.54, 1.807) is 0 Å². The Bertz CT molecular complexity index is 160. The molecule has 0 aromatic carbocycles. The summed E-state index contributed by atoms with van der Waals surface area (Å²) in [6, 6.07) is 0. The first kappa shape index (κ1) is 10.7. The van der Waals surface area contributed by atoms with Crippen LogP contribution in [0, 0.1) is 0 Å². The molecule has 1 aliphatic heterocycles.